The molecule has 69 valence electrons. The molecule has 0 saturated carbocycles. The van der Waals surface area contributed by atoms with Crippen molar-refractivity contribution in [1.82, 2.24) is 5.16 Å². The van der Waals surface area contributed by atoms with Crippen molar-refractivity contribution < 1.29 is 14.0 Å². The summed E-state index contributed by atoms with van der Waals surface area (Å²) in [4.78, 5) is 0. The summed E-state index contributed by atoms with van der Waals surface area (Å²) in [7, 11) is 0. The molecule has 0 atom stereocenters. The maximum atomic E-state index is 5.49. The molecule has 0 spiro atoms. The topological polar surface area (TPSA) is 44.5 Å². The van der Waals surface area contributed by atoms with Crippen molar-refractivity contribution in [2.45, 2.75) is 6.29 Å². The van der Waals surface area contributed by atoms with Crippen molar-refractivity contribution in [2.24, 2.45) is 0 Å². The van der Waals surface area contributed by atoms with Crippen molar-refractivity contribution in [3.05, 3.63) is 42.3 Å². The Balaban J connectivity index is 1.92. The molecule has 0 amide bonds. The summed E-state index contributed by atoms with van der Waals surface area (Å²) >= 11 is 0. The van der Waals surface area contributed by atoms with Crippen LogP contribution in [0.5, 0.6) is 11.5 Å². The molecule has 4 nitrogen and oxygen atoms in total. The number of nitrogens with zero attached hydrogens (tertiary/aromatic N) is 1. The molecule has 0 fully saturated rings. The van der Waals surface area contributed by atoms with E-state index in [9.17, 15) is 0 Å². The van der Waals surface area contributed by atoms with Crippen molar-refractivity contribution in [3.63, 3.8) is 0 Å². The summed E-state index contributed by atoms with van der Waals surface area (Å²) in [6.45, 7) is 0. The maximum Gasteiger partial charge on any atom is 0.288 e. The first-order valence-electron chi connectivity index (χ1n) is 4.18. The average Bonchev–Trinajstić information content (AvgIpc) is 2.86. The van der Waals surface area contributed by atoms with E-state index in [0.717, 1.165) is 11.5 Å². The third-order valence-electron chi connectivity index (χ3n) is 1.97. The van der Waals surface area contributed by atoms with E-state index >= 15 is 0 Å². The van der Waals surface area contributed by atoms with Crippen molar-refractivity contribution in [1.29, 1.82) is 0 Å². The highest BCUT2D eigenvalue weighted by molar-refractivity contribution is 5.42. The Hall–Kier alpha value is -1.97. The first-order valence-corrected chi connectivity index (χ1v) is 4.18. The molecule has 2 heterocycles. The molecule has 0 saturated heterocycles. The van der Waals surface area contributed by atoms with Crippen LogP contribution >= 0.6 is 0 Å². The number of ether oxygens (including phenoxy) is 2. The van der Waals surface area contributed by atoms with Crippen LogP contribution < -0.4 is 9.47 Å². The van der Waals surface area contributed by atoms with Crippen LogP contribution in [0.2, 0.25) is 0 Å². The number of benzene rings is 1. The van der Waals surface area contributed by atoms with Gasteiger partial charge in [-0.15, -0.1) is 0 Å². The Morgan fingerprint density at radius 3 is 2.43 bits per heavy atom. The van der Waals surface area contributed by atoms with E-state index in [0.29, 0.717) is 5.69 Å². The van der Waals surface area contributed by atoms with Crippen molar-refractivity contribution in [2.75, 3.05) is 0 Å². The van der Waals surface area contributed by atoms with Gasteiger partial charge in [-0.2, -0.15) is 0 Å². The first-order chi connectivity index (χ1) is 6.93. The highest BCUT2D eigenvalue weighted by Crippen LogP contribution is 2.39. The molecule has 2 aromatic rings. The van der Waals surface area contributed by atoms with Crippen LogP contribution in [0.1, 0.15) is 12.0 Å². The molecule has 14 heavy (non-hydrogen) atoms. The van der Waals surface area contributed by atoms with E-state index < -0.39 is 6.29 Å². The molecule has 1 aliphatic heterocycles. The fourth-order valence-corrected chi connectivity index (χ4v) is 1.32. The van der Waals surface area contributed by atoms with E-state index in [1.165, 1.54) is 0 Å². The molecular formula is C10H6NO3. The molecule has 1 aliphatic rings. The third-order valence-corrected chi connectivity index (χ3v) is 1.97. The predicted octanol–water partition coefficient (Wildman–Crippen LogP) is 1.94. The van der Waals surface area contributed by atoms with Crippen LogP contribution in [-0.2, 0) is 0 Å². The van der Waals surface area contributed by atoms with Crippen LogP contribution in [0.4, 0.5) is 0 Å². The number of rotatable bonds is 1. The molecule has 0 bridgehead atoms. The molecule has 0 aliphatic carbocycles. The van der Waals surface area contributed by atoms with Crippen LogP contribution in [0, 0.1) is 6.26 Å². The van der Waals surface area contributed by atoms with Gasteiger partial charge in [-0.25, -0.2) is 0 Å². The van der Waals surface area contributed by atoms with Crippen molar-refractivity contribution in [3.8, 4) is 11.5 Å². The maximum absolute atomic E-state index is 5.49. The summed E-state index contributed by atoms with van der Waals surface area (Å²) in [6.07, 6.45) is 1.98. The normalized spacial score (nSPS) is 14.6. The lowest BCUT2D eigenvalue weighted by Crippen LogP contribution is -2.07. The molecular weight excluding hydrogens is 182 g/mol. The SMILES string of the molecule is [c]1cc(C2Oc3ccccc3O2)no1. The van der Waals surface area contributed by atoms with Gasteiger partial charge in [0.15, 0.2) is 17.2 Å². The number of hydrogen-bond acceptors (Lipinski definition) is 4. The fraction of sp³-hybridized carbons (Fsp3) is 0.100. The number of hydrogen-bond donors (Lipinski definition) is 0. The monoisotopic (exact) mass is 188 g/mol. The minimum Gasteiger partial charge on any atom is -0.445 e. The summed E-state index contributed by atoms with van der Waals surface area (Å²) in [6, 6.07) is 9.06. The Bertz CT molecular complexity index is 413. The standard InChI is InChI=1S/C10H6NO3/c1-2-4-9-8(3-1)13-10(14-9)7-5-6-12-11-7/h1-5,10H. The highest BCUT2D eigenvalue weighted by Gasteiger charge is 2.27. The Morgan fingerprint density at radius 2 is 1.86 bits per heavy atom. The van der Waals surface area contributed by atoms with Gasteiger partial charge in [0.05, 0.1) is 0 Å². The number of fused-ring (bicyclic) bond motifs is 1. The highest BCUT2D eigenvalue weighted by atomic mass is 16.7. The molecule has 1 aromatic carbocycles. The Kier molecular flexibility index (Phi) is 1.47. The van der Waals surface area contributed by atoms with E-state index in [-0.39, 0.29) is 0 Å². The van der Waals surface area contributed by atoms with Gasteiger partial charge in [0.25, 0.3) is 6.29 Å². The zero-order valence-electron chi connectivity index (χ0n) is 7.14. The second-order valence-corrected chi connectivity index (χ2v) is 2.88. The van der Waals surface area contributed by atoms with Gasteiger partial charge in [-0.1, -0.05) is 17.3 Å². The lowest BCUT2D eigenvalue weighted by molar-refractivity contribution is 0.0418. The minimum absolute atomic E-state index is 0.512. The summed E-state index contributed by atoms with van der Waals surface area (Å²) < 4.78 is 15.6. The summed E-state index contributed by atoms with van der Waals surface area (Å²) in [5, 5.41) is 3.70. The van der Waals surface area contributed by atoms with Gasteiger partial charge in [-0.05, 0) is 12.1 Å². The fourth-order valence-electron chi connectivity index (χ4n) is 1.32. The van der Waals surface area contributed by atoms with E-state index in [2.05, 4.69) is 15.9 Å². The smallest absolute Gasteiger partial charge is 0.288 e. The quantitative estimate of drug-likeness (QED) is 0.686. The lowest BCUT2D eigenvalue weighted by Gasteiger charge is -2.04. The molecule has 1 aromatic heterocycles. The number of para-hydroxylation sites is 2. The summed E-state index contributed by atoms with van der Waals surface area (Å²) in [5.41, 5.74) is 0.584. The Morgan fingerprint density at radius 1 is 1.14 bits per heavy atom. The summed E-state index contributed by atoms with van der Waals surface area (Å²) in [5.74, 6) is 1.45. The van der Waals surface area contributed by atoms with Gasteiger partial charge < -0.3 is 14.0 Å². The van der Waals surface area contributed by atoms with Crippen LogP contribution in [0.15, 0.2) is 34.9 Å². The molecule has 4 heteroatoms. The van der Waals surface area contributed by atoms with Crippen LogP contribution in [0.25, 0.3) is 0 Å². The van der Waals surface area contributed by atoms with E-state index in [1.807, 2.05) is 24.3 Å². The zero-order valence-corrected chi connectivity index (χ0v) is 7.14. The molecule has 1 radical (unpaired) electrons. The van der Waals surface area contributed by atoms with E-state index in [4.69, 9.17) is 9.47 Å². The van der Waals surface area contributed by atoms with E-state index in [1.54, 1.807) is 6.07 Å². The van der Waals surface area contributed by atoms with Crippen molar-refractivity contribution >= 4 is 0 Å². The van der Waals surface area contributed by atoms with Gasteiger partial charge >= 0.3 is 0 Å². The van der Waals surface area contributed by atoms with Gasteiger partial charge in [0.2, 0.25) is 6.26 Å². The average molecular weight is 188 g/mol. The van der Waals surface area contributed by atoms with Crippen LogP contribution in [0.3, 0.4) is 0 Å². The van der Waals surface area contributed by atoms with Crippen LogP contribution in [-0.4, -0.2) is 5.16 Å². The third kappa shape index (κ3) is 1.04. The molecule has 0 N–H and O–H groups in total. The van der Waals surface area contributed by atoms with Gasteiger partial charge in [0, 0.05) is 6.07 Å². The second kappa shape index (κ2) is 2.77. The largest absolute Gasteiger partial charge is 0.445 e. The number of aromatic nitrogens is 1. The van der Waals surface area contributed by atoms with Gasteiger partial charge in [0.1, 0.15) is 0 Å². The molecule has 0 unspecified atom stereocenters. The Labute approximate surface area is 80.0 Å². The minimum atomic E-state index is -0.512. The first kappa shape index (κ1) is 7.44. The van der Waals surface area contributed by atoms with Gasteiger partial charge in [-0.3, -0.25) is 0 Å². The predicted molar refractivity (Wildman–Crippen MR) is 45.8 cm³/mol. The zero-order chi connectivity index (χ0) is 9.38. The molecule has 3 rings (SSSR count). The second-order valence-electron chi connectivity index (χ2n) is 2.88. The lowest BCUT2D eigenvalue weighted by atomic mass is 10.3.